The van der Waals surface area contributed by atoms with E-state index in [4.69, 9.17) is 15.6 Å². The molecule has 12 nitrogen and oxygen atoms in total. The molecular weight excluding hydrogens is 584 g/mol. The molecule has 4 N–H and O–H groups in total. The number of ether oxygens (including phenoxy) is 1. The normalized spacial score (nSPS) is 19.3. The van der Waals surface area contributed by atoms with Crippen molar-refractivity contribution in [3.63, 3.8) is 0 Å². The number of carbonyl (C=O) groups excluding carboxylic acids is 3. The van der Waals surface area contributed by atoms with E-state index in [9.17, 15) is 14.4 Å². The Morgan fingerprint density at radius 2 is 1.80 bits per heavy atom. The van der Waals surface area contributed by atoms with E-state index in [0.29, 0.717) is 56.2 Å². The smallest absolute Gasteiger partial charge is 0.321 e. The average Bonchev–Trinajstić information content (AvgIpc) is 3.62. The fourth-order valence-corrected chi connectivity index (χ4v) is 6.33. The van der Waals surface area contributed by atoms with Crippen molar-refractivity contribution in [3.8, 4) is 0 Å². The molecular formula is C34H46N8O4. The van der Waals surface area contributed by atoms with Crippen LogP contribution in [-0.2, 0) is 17.8 Å². The molecule has 12 heteroatoms. The summed E-state index contributed by atoms with van der Waals surface area (Å²) in [7, 11) is 5.09. The maximum atomic E-state index is 13.6. The molecule has 0 spiro atoms. The number of anilines is 2. The molecule has 0 unspecified atom stereocenters. The van der Waals surface area contributed by atoms with Gasteiger partial charge in [-0.2, -0.15) is 5.10 Å². The third kappa shape index (κ3) is 7.02. The van der Waals surface area contributed by atoms with Crippen LogP contribution in [0.3, 0.4) is 0 Å². The van der Waals surface area contributed by atoms with Crippen LogP contribution in [0.25, 0.3) is 0 Å². The number of nitrogens with one attached hydrogen (secondary N) is 2. The summed E-state index contributed by atoms with van der Waals surface area (Å²) in [5, 5.41) is 10.8. The minimum atomic E-state index is -0.520. The van der Waals surface area contributed by atoms with Gasteiger partial charge in [-0.1, -0.05) is 19.1 Å². The number of aromatic nitrogens is 2. The van der Waals surface area contributed by atoms with Crippen molar-refractivity contribution < 1.29 is 19.1 Å². The number of urea groups is 1. The van der Waals surface area contributed by atoms with E-state index < -0.39 is 5.54 Å². The van der Waals surface area contributed by atoms with Crippen LogP contribution in [0.4, 0.5) is 16.2 Å². The Kier molecular flexibility index (Phi) is 9.68. The van der Waals surface area contributed by atoms with Crippen LogP contribution in [0.2, 0.25) is 0 Å². The molecule has 2 aromatic carbocycles. The lowest BCUT2D eigenvalue weighted by Gasteiger charge is -2.34. The van der Waals surface area contributed by atoms with Gasteiger partial charge >= 0.3 is 6.03 Å². The average molecular weight is 631 g/mol. The van der Waals surface area contributed by atoms with E-state index >= 15 is 0 Å². The zero-order valence-electron chi connectivity index (χ0n) is 27.7. The van der Waals surface area contributed by atoms with Crippen molar-refractivity contribution in [1.29, 1.82) is 0 Å². The maximum absolute atomic E-state index is 13.6. The SMILES string of the molecule is COC[C@@]1(N)CCN(C(=O)Nc2ccc(CNC(=O)c3nn(C(C)C)c4c3CN(c3ccc(C(=O)N(C)C)cc3)C[C@@H]4C)cc2)C1. The highest BCUT2D eigenvalue weighted by atomic mass is 16.5. The first-order chi connectivity index (χ1) is 21.9. The molecule has 3 heterocycles. The number of nitrogens with zero attached hydrogens (tertiary/aromatic N) is 5. The lowest BCUT2D eigenvalue weighted by Crippen LogP contribution is -2.48. The largest absolute Gasteiger partial charge is 0.383 e. The Morgan fingerprint density at radius 1 is 1.11 bits per heavy atom. The molecule has 1 fully saturated rings. The molecule has 0 saturated carbocycles. The Bertz CT molecular complexity index is 1570. The van der Waals surface area contributed by atoms with Crippen LogP contribution in [0.5, 0.6) is 0 Å². The van der Waals surface area contributed by atoms with Crippen molar-refractivity contribution in [3.05, 3.63) is 76.6 Å². The Balaban J connectivity index is 1.24. The first kappa shape index (κ1) is 33.0. The molecule has 0 aliphatic carbocycles. The van der Waals surface area contributed by atoms with Gasteiger partial charge in [-0.05, 0) is 62.2 Å². The topological polar surface area (TPSA) is 138 Å². The quantitative estimate of drug-likeness (QED) is 0.327. The summed E-state index contributed by atoms with van der Waals surface area (Å²) in [6, 6.07) is 14.9. The van der Waals surface area contributed by atoms with Crippen LogP contribution in [-0.4, -0.2) is 90.4 Å². The van der Waals surface area contributed by atoms with Gasteiger partial charge < -0.3 is 35.8 Å². The number of rotatable bonds is 9. The van der Waals surface area contributed by atoms with Gasteiger partial charge in [0, 0.05) is 94.1 Å². The van der Waals surface area contributed by atoms with Gasteiger partial charge in [0.25, 0.3) is 11.8 Å². The summed E-state index contributed by atoms with van der Waals surface area (Å²) in [4.78, 5) is 44.2. The fraction of sp³-hybridized carbons (Fsp3) is 0.471. The minimum absolute atomic E-state index is 0.0408. The van der Waals surface area contributed by atoms with Gasteiger partial charge in [0.05, 0.1) is 12.1 Å². The molecule has 1 aromatic heterocycles. The summed E-state index contributed by atoms with van der Waals surface area (Å²) >= 11 is 0. The predicted octanol–water partition coefficient (Wildman–Crippen LogP) is 3.80. The number of methoxy groups -OCH3 is 1. The molecule has 2 aliphatic heterocycles. The molecule has 3 aromatic rings. The van der Waals surface area contributed by atoms with Crippen LogP contribution in [0.15, 0.2) is 48.5 Å². The number of likely N-dealkylation sites (tertiary alicyclic amines) is 1. The molecule has 5 rings (SSSR count). The minimum Gasteiger partial charge on any atom is -0.383 e. The monoisotopic (exact) mass is 630 g/mol. The van der Waals surface area contributed by atoms with Crippen molar-refractivity contribution in [1.82, 2.24) is 24.9 Å². The molecule has 46 heavy (non-hydrogen) atoms. The van der Waals surface area contributed by atoms with Crippen molar-refractivity contribution in [2.45, 2.75) is 57.8 Å². The van der Waals surface area contributed by atoms with Gasteiger partial charge in [-0.15, -0.1) is 0 Å². The van der Waals surface area contributed by atoms with Gasteiger partial charge in [-0.3, -0.25) is 14.3 Å². The van der Waals surface area contributed by atoms with Gasteiger partial charge in [0.2, 0.25) is 0 Å². The van der Waals surface area contributed by atoms with E-state index in [1.807, 2.05) is 53.2 Å². The standard InChI is InChI=1S/C34H46N8O4/c1-22(2)42-30-23(3)18-41(27-13-9-25(10-14-27)32(44)39(4)5)19-28(30)29(38-42)31(43)36-17-24-7-11-26(12-8-24)37-33(45)40-16-15-34(35,20-40)21-46-6/h7-14,22-23H,15-21,35H2,1-6H3,(H,36,43)(H,37,45)/t23-,34+/m0/s1. The van der Waals surface area contributed by atoms with Crippen LogP contribution < -0.4 is 21.3 Å². The van der Waals surface area contributed by atoms with Crippen molar-refractivity contribution >= 4 is 29.2 Å². The van der Waals surface area contributed by atoms with Crippen molar-refractivity contribution in [2.24, 2.45) is 5.73 Å². The van der Waals surface area contributed by atoms with Gasteiger partial charge in [-0.25, -0.2) is 4.79 Å². The first-order valence-corrected chi connectivity index (χ1v) is 15.8. The summed E-state index contributed by atoms with van der Waals surface area (Å²) in [5.41, 5.74) is 11.4. The maximum Gasteiger partial charge on any atom is 0.321 e. The Hall–Kier alpha value is -4.42. The third-order valence-electron chi connectivity index (χ3n) is 8.71. The van der Waals surface area contributed by atoms with E-state index in [-0.39, 0.29) is 29.8 Å². The zero-order valence-corrected chi connectivity index (χ0v) is 27.7. The molecule has 4 amide bonds. The predicted molar refractivity (Wildman–Crippen MR) is 178 cm³/mol. The van der Waals surface area contributed by atoms with E-state index in [2.05, 4.69) is 36.3 Å². The number of hydrogen-bond acceptors (Lipinski definition) is 7. The highest BCUT2D eigenvalue weighted by molar-refractivity contribution is 5.95. The Labute approximate surface area is 270 Å². The van der Waals surface area contributed by atoms with Gasteiger partial charge in [0.15, 0.2) is 5.69 Å². The number of benzene rings is 2. The van der Waals surface area contributed by atoms with Crippen LogP contribution in [0, 0.1) is 0 Å². The molecule has 1 saturated heterocycles. The van der Waals surface area contributed by atoms with E-state index in [1.165, 1.54) is 0 Å². The summed E-state index contributed by atoms with van der Waals surface area (Å²) in [5.74, 6) is -0.127. The summed E-state index contributed by atoms with van der Waals surface area (Å²) < 4.78 is 7.19. The lowest BCUT2D eigenvalue weighted by atomic mass is 9.95. The summed E-state index contributed by atoms with van der Waals surface area (Å²) in [6.45, 7) is 9.36. The third-order valence-corrected chi connectivity index (χ3v) is 8.71. The molecule has 246 valence electrons. The van der Waals surface area contributed by atoms with Crippen LogP contribution >= 0.6 is 0 Å². The molecule has 0 radical (unpaired) electrons. The number of hydrogen-bond donors (Lipinski definition) is 3. The zero-order chi connectivity index (χ0) is 33.2. The molecule has 2 aliphatic rings. The number of nitrogens with two attached hydrogens (primary N) is 1. The second-order valence-corrected chi connectivity index (χ2v) is 13.1. The first-order valence-electron chi connectivity index (χ1n) is 15.8. The van der Waals surface area contributed by atoms with Gasteiger partial charge in [0.1, 0.15) is 0 Å². The highest BCUT2D eigenvalue weighted by Crippen LogP contribution is 2.35. The van der Waals surface area contributed by atoms with Crippen LogP contribution in [0.1, 0.15) is 76.8 Å². The van der Waals surface area contributed by atoms with E-state index in [1.54, 1.807) is 31.0 Å². The second-order valence-electron chi connectivity index (χ2n) is 13.1. The number of amides is 4. The fourth-order valence-electron chi connectivity index (χ4n) is 6.33. The van der Waals surface area contributed by atoms with E-state index in [0.717, 1.165) is 29.1 Å². The summed E-state index contributed by atoms with van der Waals surface area (Å²) in [6.07, 6.45) is 0.689. The molecule has 0 bridgehead atoms. The Morgan fingerprint density at radius 3 is 2.43 bits per heavy atom. The number of carbonyl (C=O) groups is 3. The second kappa shape index (κ2) is 13.5. The lowest BCUT2D eigenvalue weighted by molar-refractivity contribution is 0.0827. The van der Waals surface area contributed by atoms with Crippen molar-refractivity contribution in [2.75, 3.05) is 57.7 Å². The highest BCUT2D eigenvalue weighted by Gasteiger charge is 2.37. The molecule has 2 atom stereocenters. The number of fused-ring (bicyclic) bond motifs is 1.